The van der Waals surface area contributed by atoms with Gasteiger partial charge in [-0.15, -0.1) is 0 Å². The van der Waals surface area contributed by atoms with Gasteiger partial charge in [-0.1, -0.05) is 48.5 Å². The number of benzene rings is 2. The number of carbonyl (C=O) groups is 1. The van der Waals surface area contributed by atoms with Gasteiger partial charge in [0, 0.05) is 18.1 Å². The lowest BCUT2D eigenvalue weighted by atomic mass is 10.2. The zero-order valence-electron chi connectivity index (χ0n) is 14.6. The van der Waals surface area contributed by atoms with Crippen molar-refractivity contribution in [1.29, 1.82) is 0 Å². The molecule has 0 radical (unpaired) electrons. The smallest absolute Gasteiger partial charge is 0.275 e. The van der Waals surface area contributed by atoms with Crippen molar-refractivity contribution in [3.8, 4) is 11.4 Å². The van der Waals surface area contributed by atoms with Gasteiger partial charge in [-0.25, -0.2) is 4.68 Å². The van der Waals surface area contributed by atoms with Crippen LogP contribution in [0.4, 0.5) is 0 Å². The van der Waals surface area contributed by atoms with Crippen LogP contribution in [0, 0.1) is 0 Å². The molecule has 0 spiro atoms. The highest BCUT2D eigenvalue weighted by molar-refractivity contribution is 7.98. The van der Waals surface area contributed by atoms with Crippen molar-refractivity contribution in [2.75, 3.05) is 19.4 Å². The number of nitrogens with one attached hydrogen (secondary N) is 1. The van der Waals surface area contributed by atoms with Crippen LogP contribution in [0.25, 0.3) is 5.69 Å². The Labute approximate surface area is 157 Å². The standard InChI is InChI=1S/C20H21N3O2S/c1-25-18-14-23(17-10-6-3-7-11-17)22-19(18)20(24)21-12-13-26-15-16-8-4-2-5-9-16/h2-11,14H,12-13,15H2,1H3,(H,21,24). The van der Waals surface area contributed by atoms with E-state index in [0.29, 0.717) is 18.0 Å². The molecule has 6 heteroatoms. The van der Waals surface area contributed by atoms with Gasteiger partial charge in [0.1, 0.15) is 0 Å². The minimum atomic E-state index is -0.225. The number of hydrogen-bond acceptors (Lipinski definition) is 4. The second-order valence-corrected chi connectivity index (χ2v) is 6.73. The molecule has 0 atom stereocenters. The number of nitrogens with zero attached hydrogens (tertiary/aromatic N) is 2. The number of hydrogen-bond donors (Lipinski definition) is 1. The van der Waals surface area contributed by atoms with Gasteiger partial charge in [0.05, 0.1) is 19.0 Å². The molecule has 0 unspecified atom stereocenters. The molecule has 1 aromatic heterocycles. The predicted octanol–water partition coefficient (Wildman–Crippen LogP) is 3.54. The highest BCUT2D eigenvalue weighted by Crippen LogP contribution is 2.19. The quantitative estimate of drug-likeness (QED) is 0.619. The Morgan fingerprint density at radius 3 is 2.50 bits per heavy atom. The van der Waals surface area contributed by atoms with Gasteiger partial charge < -0.3 is 10.1 Å². The van der Waals surface area contributed by atoms with E-state index in [4.69, 9.17) is 4.74 Å². The van der Waals surface area contributed by atoms with E-state index in [-0.39, 0.29) is 5.91 Å². The summed E-state index contributed by atoms with van der Waals surface area (Å²) in [5.74, 6) is 2.01. The zero-order chi connectivity index (χ0) is 18.2. The average Bonchev–Trinajstić information content (AvgIpc) is 3.14. The van der Waals surface area contributed by atoms with Crippen molar-refractivity contribution >= 4 is 17.7 Å². The van der Waals surface area contributed by atoms with Crippen molar-refractivity contribution in [3.63, 3.8) is 0 Å². The number of methoxy groups -OCH3 is 1. The van der Waals surface area contributed by atoms with Crippen molar-refractivity contribution in [3.05, 3.63) is 78.1 Å². The Hall–Kier alpha value is -2.73. The van der Waals surface area contributed by atoms with Crippen LogP contribution in [-0.4, -0.2) is 35.1 Å². The Morgan fingerprint density at radius 1 is 1.12 bits per heavy atom. The van der Waals surface area contributed by atoms with Crippen LogP contribution in [0.5, 0.6) is 5.75 Å². The molecule has 0 bridgehead atoms. The molecule has 3 rings (SSSR count). The summed E-state index contributed by atoms with van der Waals surface area (Å²) < 4.78 is 6.96. The molecule has 0 saturated heterocycles. The van der Waals surface area contributed by atoms with Crippen molar-refractivity contribution in [2.24, 2.45) is 0 Å². The SMILES string of the molecule is COc1cn(-c2ccccc2)nc1C(=O)NCCSCc1ccccc1. The second-order valence-electron chi connectivity index (χ2n) is 5.62. The van der Waals surface area contributed by atoms with E-state index in [1.807, 2.05) is 48.5 Å². The number of thioether (sulfide) groups is 1. The first-order valence-corrected chi connectivity index (χ1v) is 9.52. The van der Waals surface area contributed by atoms with E-state index in [1.165, 1.54) is 5.56 Å². The molecule has 3 aromatic rings. The van der Waals surface area contributed by atoms with Crippen LogP contribution in [0.2, 0.25) is 0 Å². The lowest BCUT2D eigenvalue weighted by Crippen LogP contribution is -2.26. The van der Waals surface area contributed by atoms with Gasteiger partial charge in [-0.05, 0) is 17.7 Å². The molecule has 0 fully saturated rings. The van der Waals surface area contributed by atoms with Gasteiger partial charge in [-0.3, -0.25) is 4.79 Å². The summed E-state index contributed by atoms with van der Waals surface area (Å²) in [7, 11) is 1.54. The second kappa shape index (κ2) is 9.10. The third-order valence-corrected chi connectivity index (χ3v) is 4.81. The van der Waals surface area contributed by atoms with E-state index in [2.05, 4.69) is 22.5 Å². The minimum Gasteiger partial charge on any atom is -0.493 e. The first kappa shape index (κ1) is 18.1. The summed E-state index contributed by atoms with van der Waals surface area (Å²) in [4.78, 5) is 12.4. The monoisotopic (exact) mass is 367 g/mol. The maximum absolute atomic E-state index is 12.4. The third kappa shape index (κ3) is 4.67. The van der Waals surface area contributed by atoms with Gasteiger partial charge in [0.2, 0.25) is 0 Å². The molecule has 2 aromatic carbocycles. The van der Waals surface area contributed by atoms with E-state index >= 15 is 0 Å². The van der Waals surface area contributed by atoms with Crippen LogP contribution >= 0.6 is 11.8 Å². The summed E-state index contributed by atoms with van der Waals surface area (Å²) in [5.41, 5.74) is 2.46. The highest BCUT2D eigenvalue weighted by Gasteiger charge is 2.17. The molecule has 26 heavy (non-hydrogen) atoms. The van der Waals surface area contributed by atoms with Gasteiger partial charge >= 0.3 is 0 Å². The lowest BCUT2D eigenvalue weighted by molar-refractivity contribution is 0.0948. The molecule has 5 nitrogen and oxygen atoms in total. The maximum Gasteiger partial charge on any atom is 0.275 e. The molecule has 0 aliphatic carbocycles. The summed E-state index contributed by atoms with van der Waals surface area (Å²) in [6, 6.07) is 19.9. The van der Waals surface area contributed by atoms with Gasteiger partial charge in [0.25, 0.3) is 5.91 Å². The number of rotatable bonds is 8. The number of para-hydroxylation sites is 1. The van der Waals surface area contributed by atoms with E-state index in [0.717, 1.165) is 17.2 Å². The Morgan fingerprint density at radius 2 is 1.81 bits per heavy atom. The normalized spacial score (nSPS) is 10.5. The van der Waals surface area contributed by atoms with E-state index in [9.17, 15) is 4.79 Å². The van der Waals surface area contributed by atoms with Crippen LogP contribution < -0.4 is 10.1 Å². The van der Waals surface area contributed by atoms with Crippen molar-refractivity contribution in [1.82, 2.24) is 15.1 Å². The fourth-order valence-electron chi connectivity index (χ4n) is 2.46. The predicted molar refractivity (Wildman–Crippen MR) is 105 cm³/mol. The Bertz CT molecular complexity index is 835. The Balaban J connectivity index is 1.53. The zero-order valence-corrected chi connectivity index (χ0v) is 15.4. The minimum absolute atomic E-state index is 0.225. The van der Waals surface area contributed by atoms with Crippen LogP contribution in [0.3, 0.4) is 0 Å². The number of ether oxygens (including phenoxy) is 1. The molecule has 0 aliphatic rings. The van der Waals surface area contributed by atoms with Gasteiger partial charge in [-0.2, -0.15) is 16.9 Å². The maximum atomic E-state index is 12.4. The number of aromatic nitrogens is 2. The number of carbonyl (C=O) groups excluding carboxylic acids is 1. The van der Waals surface area contributed by atoms with Crippen molar-refractivity contribution in [2.45, 2.75) is 5.75 Å². The summed E-state index contributed by atoms with van der Waals surface area (Å²) in [5, 5.41) is 7.28. The molecule has 0 aliphatic heterocycles. The fraction of sp³-hybridized carbons (Fsp3) is 0.200. The van der Waals surface area contributed by atoms with Crippen LogP contribution in [0.15, 0.2) is 66.9 Å². The fourth-order valence-corrected chi connectivity index (χ4v) is 3.28. The topological polar surface area (TPSA) is 56.2 Å². The molecule has 1 N–H and O–H groups in total. The largest absolute Gasteiger partial charge is 0.493 e. The lowest BCUT2D eigenvalue weighted by Gasteiger charge is -2.05. The van der Waals surface area contributed by atoms with Crippen LogP contribution in [0.1, 0.15) is 16.1 Å². The first-order valence-electron chi connectivity index (χ1n) is 8.37. The first-order chi connectivity index (χ1) is 12.8. The summed E-state index contributed by atoms with van der Waals surface area (Å²) >= 11 is 1.78. The molecule has 1 amide bonds. The van der Waals surface area contributed by atoms with Gasteiger partial charge in [0.15, 0.2) is 11.4 Å². The van der Waals surface area contributed by atoms with E-state index < -0.39 is 0 Å². The molecular weight excluding hydrogens is 346 g/mol. The highest BCUT2D eigenvalue weighted by atomic mass is 32.2. The summed E-state index contributed by atoms with van der Waals surface area (Å²) in [6.07, 6.45) is 1.72. The number of amides is 1. The molecular formula is C20H21N3O2S. The summed E-state index contributed by atoms with van der Waals surface area (Å²) in [6.45, 7) is 0.581. The van der Waals surface area contributed by atoms with Crippen molar-refractivity contribution < 1.29 is 9.53 Å². The third-order valence-electron chi connectivity index (χ3n) is 3.78. The molecule has 134 valence electrons. The van der Waals surface area contributed by atoms with Crippen LogP contribution in [-0.2, 0) is 5.75 Å². The average molecular weight is 367 g/mol. The van der Waals surface area contributed by atoms with E-state index in [1.54, 1.807) is 29.8 Å². The Kier molecular flexibility index (Phi) is 6.33. The molecule has 1 heterocycles. The molecule has 0 saturated carbocycles.